The molecule has 3 rings (SSSR count). The zero-order chi connectivity index (χ0) is 27.0. The largest absolute Gasteiger partial charge is 0.493 e. The number of aryl methyl sites for hydroxylation is 1. The van der Waals surface area contributed by atoms with Crippen LogP contribution in [0.1, 0.15) is 11.1 Å². The molecule has 194 valence electrons. The van der Waals surface area contributed by atoms with Gasteiger partial charge in [-0.05, 0) is 42.3 Å². The molecule has 0 bridgehead atoms. The van der Waals surface area contributed by atoms with Crippen LogP contribution in [0.15, 0.2) is 47.1 Å². The number of hydrogen-bond acceptors (Lipinski definition) is 11. The molecule has 1 heterocycles. The SMILES string of the molecule is COc1cc(/C=C(/C#N)C(=O)Nc2nc(S(C)(=O)=O)ns2)cc(OC)c1OCCOc1ccccc1C. The van der Waals surface area contributed by atoms with Crippen molar-refractivity contribution in [3.8, 4) is 29.1 Å². The maximum Gasteiger partial charge on any atom is 0.268 e. The smallest absolute Gasteiger partial charge is 0.268 e. The Morgan fingerprint density at radius 1 is 1.11 bits per heavy atom. The molecule has 0 spiro atoms. The molecule has 0 aliphatic rings. The normalized spacial score (nSPS) is 11.4. The van der Waals surface area contributed by atoms with E-state index < -0.39 is 20.9 Å². The quantitative estimate of drug-likeness (QED) is 0.216. The first-order chi connectivity index (χ1) is 17.7. The van der Waals surface area contributed by atoms with Gasteiger partial charge in [0.1, 0.15) is 30.6 Å². The van der Waals surface area contributed by atoms with E-state index in [2.05, 4.69) is 14.7 Å². The number of hydrogen-bond donors (Lipinski definition) is 1. The van der Waals surface area contributed by atoms with Gasteiger partial charge in [-0.1, -0.05) is 18.2 Å². The van der Waals surface area contributed by atoms with E-state index in [0.29, 0.717) is 34.3 Å². The predicted molar refractivity (Wildman–Crippen MR) is 137 cm³/mol. The van der Waals surface area contributed by atoms with E-state index in [1.807, 2.05) is 37.3 Å². The lowest BCUT2D eigenvalue weighted by atomic mass is 10.1. The van der Waals surface area contributed by atoms with Gasteiger partial charge in [-0.25, -0.2) is 8.42 Å². The van der Waals surface area contributed by atoms with Crippen LogP contribution < -0.4 is 24.3 Å². The molecule has 0 fully saturated rings. The standard InChI is InChI=1S/C24H24N4O7S2/c1-15-7-5-6-8-18(15)34-9-10-35-21-19(32-2)12-16(13-20(21)33-3)11-17(14-25)22(29)26-23-27-24(28-36-23)37(4,30)31/h5-8,11-13H,9-10H2,1-4H3,(H,26,27,28,29)/b17-11-. The molecule has 0 unspecified atom stereocenters. The number of carbonyl (C=O) groups excluding carboxylic acids is 1. The summed E-state index contributed by atoms with van der Waals surface area (Å²) in [4.78, 5) is 16.3. The summed E-state index contributed by atoms with van der Waals surface area (Å²) in [6.45, 7) is 2.44. The Kier molecular flexibility index (Phi) is 9.05. The minimum atomic E-state index is -3.63. The van der Waals surface area contributed by atoms with Gasteiger partial charge >= 0.3 is 0 Å². The van der Waals surface area contributed by atoms with Gasteiger partial charge in [-0.2, -0.15) is 14.6 Å². The molecule has 0 saturated carbocycles. The van der Waals surface area contributed by atoms with E-state index in [1.165, 1.54) is 20.3 Å². The summed E-state index contributed by atoms with van der Waals surface area (Å²) in [7, 11) is -0.726. The van der Waals surface area contributed by atoms with Crippen LogP contribution in [0.4, 0.5) is 5.13 Å². The number of nitrogens with zero attached hydrogens (tertiary/aromatic N) is 3. The Bertz CT molecular complexity index is 1430. The van der Waals surface area contributed by atoms with Gasteiger partial charge in [0.05, 0.1) is 14.2 Å². The Morgan fingerprint density at radius 3 is 2.32 bits per heavy atom. The molecule has 37 heavy (non-hydrogen) atoms. The highest BCUT2D eigenvalue weighted by atomic mass is 32.2. The maximum absolute atomic E-state index is 12.6. The minimum Gasteiger partial charge on any atom is -0.493 e. The zero-order valence-corrected chi connectivity index (χ0v) is 22.1. The van der Waals surface area contributed by atoms with Crippen LogP contribution in [0.3, 0.4) is 0 Å². The molecule has 0 aliphatic carbocycles. The number of ether oxygens (including phenoxy) is 4. The van der Waals surface area contributed by atoms with E-state index in [-0.39, 0.29) is 23.9 Å². The predicted octanol–water partition coefficient (Wildman–Crippen LogP) is 3.27. The summed E-state index contributed by atoms with van der Waals surface area (Å²) in [5.41, 5.74) is 1.17. The average molecular weight is 545 g/mol. The highest BCUT2D eigenvalue weighted by molar-refractivity contribution is 7.90. The topological polar surface area (TPSA) is 150 Å². The number of sulfone groups is 1. The highest BCUT2D eigenvalue weighted by Crippen LogP contribution is 2.39. The first-order valence-electron chi connectivity index (χ1n) is 10.7. The van der Waals surface area contributed by atoms with Crippen molar-refractivity contribution in [1.29, 1.82) is 5.26 Å². The van der Waals surface area contributed by atoms with Crippen LogP contribution in [-0.2, 0) is 14.6 Å². The van der Waals surface area contributed by atoms with Crippen molar-refractivity contribution >= 4 is 38.5 Å². The molecule has 11 nitrogen and oxygen atoms in total. The molecule has 0 saturated heterocycles. The number of methoxy groups -OCH3 is 2. The number of para-hydroxylation sites is 1. The molecular formula is C24H24N4O7S2. The second-order valence-corrected chi connectivity index (χ2v) is 10.2. The molecule has 0 atom stereocenters. The molecular weight excluding hydrogens is 520 g/mol. The number of rotatable bonds is 11. The summed E-state index contributed by atoms with van der Waals surface area (Å²) in [6.07, 6.45) is 2.27. The van der Waals surface area contributed by atoms with Gasteiger partial charge in [0.2, 0.25) is 20.7 Å². The van der Waals surface area contributed by atoms with E-state index in [4.69, 9.17) is 18.9 Å². The number of anilines is 1. The molecule has 3 aromatic rings. The molecule has 0 radical (unpaired) electrons. The van der Waals surface area contributed by atoms with Crippen LogP contribution in [0.2, 0.25) is 0 Å². The van der Waals surface area contributed by atoms with Crippen LogP contribution in [0.25, 0.3) is 6.08 Å². The van der Waals surface area contributed by atoms with Gasteiger partial charge in [0.25, 0.3) is 11.1 Å². The van der Waals surface area contributed by atoms with E-state index in [9.17, 15) is 18.5 Å². The summed E-state index contributed by atoms with van der Waals surface area (Å²) in [5, 5.41) is 11.4. The first-order valence-corrected chi connectivity index (χ1v) is 13.4. The van der Waals surface area contributed by atoms with Crippen molar-refractivity contribution in [3.05, 3.63) is 53.1 Å². The van der Waals surface area contributed by atoms with Crippen molar-refractivity contribution in [2.45, 2.75) is 12.1 Å². The Balaban J connectivity index is 1.75. The highest BCUT2D eigenvalue weighted by Gasteiger charge is 2.19. The van der Waals surface area contributed by atoms with Crippen molar-refractivity contribution in [2.75, 3.05) is 39.0 Å². The molecule has 2 aromatic carbocycles. The van der Waals surface area contributed by atoms with Gasteiger partial charge in [0.15, 0.2) is 11.5 Å². The van der Waals surface area contributed by atoms with Crippen LogP contribution in [0.5, 0.6) is 23.0 Å². The van der Waals surface area contributed by atoms with Crippen LogP contribution in [0, 0.1) is 18.3 Å². The number of amides is 1. The fourth-order valence-corrected chi connectivity index (χ4v) is 4.47. The summed E-state index contributed by atoms with van der Waals surface area (Å²) in [5.74, 6) is 0.946. The number of carbonyl (C=O) groups is 1. The average Bonchev–Trinajstić information content (AvgIpc) is 3.35. The fraction of sp³-hybridized carbons (Fsp3) is 0.250. The summed E-state index contributed by atoms with van der Waals surface area (Å²) in [6, 6.07) is 12.6. The van der Waals surface area contributed by atoms with Gasteiger partial charge in [-0.15, -0.1) is 0 Å². The number of nitrogens with one attached hydrogen (secondary N) is 1. The number of nitriles is 1. The molecule has 1 aromatic heterocycles. The van der Waals surface area contributed by atoms with Gasteiger partial charge in [-0.3, -0.25) is 10.1 Å². The van der Waals surface area contributed by atoms with Crippen LogP contribution in [-0.4, -0.2) is 57.4 Å². The van der Waals surface area contributed by atoms with E-state index >= 15 is 0 Å². The lowest BCUT2D eigenvalue weighted by Crippen LogP contribution is -2.13. The Hall–Kier alpha value is -4.15. The lowest BCUT2D eigenvalue weighted by molar-refractivity contribution is -0.112. The molecule has 13 heteroatoms. The van der Waals surface area contributed by atoms with Crippen molar-refractivity contribution in [2.24, 2.45) is 0 Å². The van der Waals surface area contributed by atoms with E-state index in [0.717, 1.165) is 17.6 Å². The molecule has 1 amide bonds. The number of benzene rings is 2. The van der Waals surface area contributed by atoms with Crippen LogP contribution >= 0.6 is 11.5 Å². The Morgan fingerprint density at radius 2 is 1.76 bits per heavy atom. The second kappa shape index (κ2) is 12.2. The first kappa shape index (κ1) is 27.4. The van der Waals surface area contributed by atoms with Crippen molar-refractivity contribution in [3.63, 3.8) is 0 Å². The van der Waals surface area contributed by atoms with Crippen molar-refractivity contribution < 1.29 is 32.2 Å². The molecule has 0 aliphatic heterocycles. The third kappa shape index (κ3) is 7.18. The third-order valence-electron chi connectivity index (χ3n) is 4.80. The fourth-order valence-electron chi connectivity index (χ4n) is 3.03. The van der Waals surface area contributed by atoms with Gasteiger partial charge < -0.3 is 18.9 Å². The summed E-state index contributed by atoms with van der Waals surface area (Å²) < 4.78 is 49.2. The zero-order valence-electron chi connectivity index (χ0n) is 20.5. The van der Waals surface area contributed by atoms with Gasteiger partial charge in [0, 0.05) is 17.8 Å². The Labute approximate surface area is 218 Å². The second-order valence-electron chi connectivity index (χ2n) is 7.50. The number of aromatic nitrogens is 2. The van der Waals surface area contributed by atoms with E-state index in [1.54, 1.807) is 12.1 Å². The molecule has 1 N–H and O–H groups in total. The lowest BCUT2D eigenvalue weighted by Gasteiger charge is -2.16. The maximum atomic E-state index is 12.6. The summed E-state index contributed by atoms with van der Waals surface area (Å²) >= 11 is 0.686. The van der Waals surface area contributed by atoms with Crippen molar-refractivity contribution in [1.82, 2.24) is 9.36 Å². The third-order valence-corrected chi connectivity index (χ3v) is 6.39. The minimum absolute atomic E-state index is 0.0570. The monoisotopic (exact) mass is 544 g/mol.